The maximum Gasteiger partial charge on any atom is 0.237 e. The van der Waals surface area contributed by atoms with Crippen LogP contribution in [-0.4, -0.2) is 54.7 Å². The molecule has 3 unspecified atom stereocenters. The van der Waals surface area contributed by atoms with Crippen LogP contribution in [0.2, 0.25) is 0 Å². The van der Waals surface area contributed by atoms with E-state index in [1.165, 1.54) is 25.7 Å². The number of carbonyl (C=O) groups excluding carboxylic acids is 1. The first-order valence-corrected chi connectivity index (χ1v) is 7.97. The highest BCUT2D eigenvalue weighted by molar-refractivity contribution is 5.84. The molecule has 5 heteroatoms. The van der Waals surface area contributed by atoms with Gasteiger partial charge in [-0.1, -0.05) is 19.8 Å². The molecule has 2 fully saturated rings. The number of primary amides is 1. The van der Waals surface area contributed by atoms with Crippen LogP contribution in [0.3, 0.4) is 0 Å². The van der Waals surface area contributed by atoms with E-state index in [9.17, 15) is 4.79 Å². The molecule has 1 amide bonds. The highest BCUT2D eigenvalue weighted by Crippen LogP contribution is 2.29. The van der Waals surface area contributed by atoms with Crippen LogP contribution >= 0.6 is 0 Å². The van der Waals surface area contributed by atoms with Crippen molar-refractivity contribution in [3.05, 3.63) is 0 Å². The zero-order chi connectivity index (χ0) is 14.6. The van der Waals surface area contributed by atoms with Crippen LogP contribution in [0.1, 0.15) is 46.0 Å². The number of hydrogen-bond donors (Lipinski definition) is 2. The Labute approximate surface area is 122 Å². The number of nitrogens with zero attached hydrogens (tertiary/aromatic N) is 1. The molecule has 0 spiro atoms. The molecule has 0 aromatic heterocycles. The van der Waals surface area contributed by atoms with Gasteiger partial charge in [0.25, 0.3) is 0 Å². The van der Waals surface area contributed by atoms with E-state index in [-0.39, 0.29) is 5.91 Å². The van der Waals surface area contributed by atoms with Crippen molar-refractivity contribution in [3.8, 4) is 0 Å². The first-order valence-electron chi connectivity index (χ1n) is 7.97. The van der Waals surface area contributed by atoms with Crippen LogP contribution in [-0.2, 0) is 9.53 Å². The quantitative estimate of drug-likeness (QED) is 0.759. The fraction of sp³-hybridized carbons (Fsp3) is 0.933. The lowest BCUT2D eigenvalue weighted by Gasteiger charge is -2.44. The molecule has 3 atom stereocenters. The smallest absolute Gasteiger partial charge is 0.237 e. The van der Waals surface area contributed by atoms with E-state index in [2.05, 4.69) is 10.2 Å². The van der Waals surface area contributed by atoms with E-state index in [4.69, 9.17) is 10.5 Å². The minimum atomic E-state index is -0.600. The number of morpholine rings is 1. The van der Waals surface area contributed by atoms with Crippen molar-refractivity contribution >= 4 is 5.91 Å². The van der Waals surface area contributed by atoms with Crippen molar-refractivity contribution < 1.29 is 9.53 Å². The summed E-state index contributed by atoms with van der Waals surface area (Å²) in [7, 11) is 0. The minimum absolute atomic E-state index is 0.257. The van der Waals surface area contributed by atoms with Gasteiger partial charge in [-0.25, -0.2) is 0 Å². The van der Waals surface area contributed by atoms with Gasteiger partial charge in [-0.2, -0.15) is 0 Å². The van der Waals surface area contributed by atoms with Gasteiger partial charge in [-0.3, -0.25) is 9.69 Å². The summed E-state index contributed by atoms with van der Waals surface area (Å²) in [6, 6.07) is 0.538. The second kappa shape index (κ2) is 6.87. The molecule has 1 aliphatic heterocycles. The third-order valence-electron chi connectivity index (χ3n) is 4.86. The summed E-state index contributed by atoms with van der Waals surface area (Å²) in [6.45, 7) is 7.38. The largest absolute Gasteiger partial charge is 0.375 e. The van der Waals surface area contributed by atoms with Crippen LogP contribution in [0.25, 0.3) is 0 Å². The van der Waals surface area contributed by atoms with Crippen molar-refractivity contribution in [1.82, 2.24) is 10.2 Å². The summed E-state index contributed by atoms with van der Waals surface area (Å²) in [4.78, 5) is 14.2. The van der Waals surface area contributed by atoms with E-state index >= 15 is 0 Å². The zero-order valence-electron chi connectivity index (χ0n) is 12.9. The summed E-state index contributed by atoms with van der Waals surface area (Å²) in [6.07, 6.45) is 6.14. The molecule has 1 heterocycles. The SMILES string of the molecule is CCNC(C)(CCN1CCOC2CCCCC21)C(N)=O. The molecule has 116 valence electrons. The third-order valence-corrected chi connectivity index (χ3v) is 4.86. The normalized spacial score (nSPS) is 30.5. The minimum Gasteiger partial charge on any atom is -0.375 e. The van der Waals surface area contributed by atoms with E-state index in [0.29, 0.717) is 12.1 Å². The van der Waals surface area contributed by atoms with Crippen LogP contribution in [0.4, 0.5) is 0 Å². The molecule has 0 bridgehead atoms. The number of nitrogens with two attached hydrogens (primary N) is 1. The maximum atomic E-state index is 11.7. The number of carbonyl (C=O) groups is 1. The number of fused-ring (bicyclic) bond motifs is 1. The Balaban J connectivity index is 1.92. The lowest BCUT2D eigenvalue weighted by molar-refractivity contribution is -0.125. The van der Waals surface area contributed by atoms with Gasteiger partial charge in [-0.05, 0) is 32.7 Å². The van der Waals surface area contributed by atoms with Gasteiger partial charge >= 0.3 is 0 Å². The number of ether oxygens (including phenoxy) is 1. The van der Waals surface area contributed by atoms with Gasteiger partial charge in [0.1, 0.15) is 0 Å². The lowest BCUT2D eigenvalue weighted by Crippen LogP contribution is -2.57. The van der Waals surface area contributed by atoms with Gasteiger partial charge in [-0.15, -0.1) is 0 Å². The average molecular weight is 283 g/mol. The predicted octanol–water partition coefficient (Wildman–Crippen LogP) is 0.873. The van der Waals surface area contributed by atoms with Crippen molar-refractivity contribution in [3.63, 3.8) is 0 Å². The highest BCUT2D eigenvalue weighted by Gasteiger charge is 2.36. The Hall–Kier alpha value is -0.650. The number of hydrogen-bond acceptors (Lipinski definition) is 4. The van der Waals surface area contributed by atoms with Crippen LogP contribution in [0.15, 0.2) is 0 Å². The fourth-order valence-corrected chi connectivity index (χ4v) is 3.51. The summed E-state index contributed by atoms with van der Waals surface area (Å²) < 4.78 is 5.89. The van der Waals surface area contributed by atoms with Gasteiger partial charge < -0.3 is 15.8 Å². The van der Waals surface area contributed by atoms with E-state index < -0.39 is 5.54 Å². The first kappa shape index (κ1) is 15.7. The number of likely N-dealkylation sites (N-methyl/N-ethyl adjacent to an activating group) is 1. The molecule has 1 saturated carbocycles. The Morgan fingerprint density at radius 3 is 2.90 bits per heavy atom. The second-order valence-corrected chi connectivity index (χ2v) is 6.27. The van der Waals surface area contributed by atoms with Crippen LogP contribution in [0.5, 0.6) is 0 Å². The van der Waals surface area contributed by atoms with Crippen molar-refractivity contribution in [2.24, 2.45) is 5.73 Å². The molecule has 5 nitrogen and oxygen atoms in total. The molecule has 0 aromatic rings. The molecular weight excluding hydrogens is 254 g/mol. The Kier molecular flexibility index (Phi) is 5.41. The monoisotopic (exact) mass is 283 g/mol. The molecule has 0 aromatic carbocycles. The molecular formula is C15H29N3O2. The molecule has 1 saturated heterocycles. The van der Waals surface area contributed by atoms with Gasteiger partial charge in [0.15, 0.2) is 0 Å². The van der Waals surface area contributed by atoms with Gasteiger partial charge in [0, 0.05) is 19.1 Å². The summed E-state index contributed by atoms with van der Waals surface area (Å²) >= 11 is 0. The molecule has 3 N–H and O–H groups in total. The van der Waals surface area contributed by atoms with Crippen molar-refractivity contribution in [1.29, 1.82) is 0 Å². The lowest BCUT2D eigenvalue weighted by atomic mass is 9.89. The van der Waals surface area contributed by atoms with Gasteiger partial charge in [0.2, 0.25) is 5.91 Å². The Bertz CT molecular complexity index is 335. The Morgan fingerprint density at radius 2 is 2.20 bits per heavy atom. The van der Waals surface area contributed by atoms with E-state index in [0.717, 1.165) is 32.7 Å². The third kappa shape index (κ3) is 3.51. The van der Waals surface area contributed by atoms with Crippen LogP contribution < -0.4 is 11.1 Å². The first-order chi connectivity index (χ1) is 9.57. The molecule has 0 radical (unpaired) electrons. The summed E-state index contributed by atoms with van der Waals surface area (Å²) in [5.41, 5.74) is 4.96. The van der Waals surface area contributed by atoms with Crippen molar-refractivity contribution in [2.45, 2.75) is 63.6 Å². The Morgan fingerprint density at radius 1 is 1.45 bits per heavy atom. The number of nitrogens with one attached hydrogen (secondary N) is 1. The number of amides is 1. The second-order valence-electron chi connectivity index (χ2n) is 6.27. The average Bonchev–Trinajstić information content (AvgIpc) is 2.45. The highest BCUT2D eigenvalue weighted by atomic mass is 16.5. The standard InChI is InChI=1S/C15H29N3O2/c1-3-17-15(2,14(16)19)8-9-18-10-11-20-13-7-5-4-6-12(13)18/h12-13,17H,3-11H2,1-2H3,(H2,16,19). The predicted molar refractivity (Wildman–Crippen MR) is 79.5 cm³/mol. The zero-order valence-corrected chi connectivity index (χ0v) is 12.9. The molecule has 2 aliphatic rings. The molecule has 20 heavy (non-hydrogen) atoms. The van der Waals surface area contributed by atoms with Crippen LogP contribution in [0, 0.1) is 0 Å². The summed E-state index contributed by atoms with van der Waals surface area (Å²) in [5, 5.41) is 3.24. The van der Waals surface area contributed by atoms with E-state index in [1.54, 1.807) is 0 Å². The maximum absolute atomic E-state index is 11.7. The molecule has 2 rings (SSSR count). The van der Waals surface area contributed by atoms with Gasteiger partial charge in [0.05, 0.1) is 18.2 Å². The number of rotatable bonds is 6. The van der Waals surface area contributed by atoms with E-state index in [1.807, 2.05) is 13.8 Å². The fourth-order valence-electron chi connectivity index (χ4n) is 3.51. The summed E-state index contributed by atoms with van der Waals surface area (Å²) in [5.74, 6) is -0.257. The topological polar surface area (TPSA) is 67.6 Å². The van der Waals surface area contributed by atoms with Crippen molar-refractivity contribution in [2.75, 3.05) is 26.2 Å². The molecule has 1 aliphatic carbocycles.